The fraction of sp³-hybridized carbons (Fsp3) is 0.182. The van der Waals surface area contributed by atoms with Crippen molar-refractivity contribution in [3.8, 4) is 5.75 Å². The molecule has 18 heavy (non-hydrogen) atoms. The molecular formula is C11H6F3O3S. The first-order chi connectivity index (χ1) is 8.51. The summed E-state index contributed by atoms with van der Waals surface area (Å²) in [5.41, 5.74) is 0.175. The Morgan fingerprint density at radius 3 is 2.72 bits per heavy atom. The van der Waals surface area contributed by atoms with E-state index in [9.17, 15) is 18.0 Å². The average molecular weight is 275 g/mol. The third-order valence-electron chi connectivity index (χ3n) is 2.20. The van der Waals surface area contributed by atoms with E-state index in [1.807, 2.05) is 0 Å². The molecule has 0 saturated carbocycles. The molecule has 2 aromatic rings. The van der Waals surface area contributed by atoms with Gasteiger partial charge in [0.2, 0.25) is 0 Å². The van der Waals surface area contributed by atoms with E-state index in [0.29, 0.717) is 5.39 Å². The van der Waals surface area contributed by atoms with Crippen LogP contribution >= 0.6 is 11.3 Å². The van der Waals surface area contributed by atoms with E-state index < -0.39 is 6.36 Å². The van der Waals surface area contributed by atoms with Crippen molar-refractivity contribution in [2.24, 2.45) is 0 Å². The number of ether oxygens (including phenoxy) is 2. The van der Waals surface area contributed by atoms with Crippen molar-refractivity contribution in [3.05, 3.63) is 29.1 Å². The topological polar surface area (TPSA) is 35.5 Å². The monoisotopic (exact) mass is 275 g/mol. The van der Waals surface area contributed by atoms with Gasteiger partial charge >= 0.3 is 12.8 Å². The molecule has 95 valence electrons. The van der Waals surface area contributed by atoms with Gasteiger partial charge in [0, 0.05) is 15.6 Å². The predicted octanol–water partition coefficient (Wildman–Crippen LogP) is 3.38. The number of carbonyl (C=O) groups excluding carboxylic acids is 1. The molecule has 0 atom stereocenters. The van der Waals surface area contributed by atoms with Gasteiger partial charge in [-0.05, 0) is 23.6 Å². The number of rotatable bonds is 4. The number of halogens is 3. The lowest BCUT2D eigenvalue weighted by Gasteiger charge is -2.13. The van der Waals surface area contributed by atoms with Gasteiger partial charge in [-0.2, -0.15) is 0 Å². The fourth-order valence-electron chi connectivity index (χ4n) is 1.55. The van der Waals surface area contributed by atoms with Crippen LogP contribution in [0.2, 0.25) is 0 Å². The predicted molar refractivity (Wildman–Crippen MR) is 59.0 cm³/mol. The number of fused-ring (bicyclic) bond motifs is 1. The van der Waals surface area contributed by atoms with E-state index in [1.165, 1.54) is 29.9 Å². The zero-order valence-electron chi connectivity index (χ0n) is 8.78. The summed E-state index contributed by atoms with van der Waals surface area (Å²) in [5, 5.41) is 2.30. The van der Waals surface area contributed by atoms with Gasteiger partial charge in [-0.15, -0.1) is 24.5 Å². The first-order valence-electron chi connectivity index (χ1n) is 4.75. The smallest absolute Gasteiger partial charge is 0.452 e. The van der Waals surface area contributed by atoms with Gasteiger partial charge in [-0.25, -0.2) is 4.79 Å². The van der Waals surface area contributed by atoms with Gasteiger partial charge in [0.25, 0.3) is 0 Å². The normalized spacial score (nSPS) is 11.5. The first kappa shape index (κ1) is 12.7. The summed E-state index contributed by atoms with van der Waals surface area (Å²) in [6.45, 7) is 0.863. The summed E-state index contributed by atoms with van der Waals surface area (Å²) in [5.74, 6) is -0.372. The number of hydrogen-bond acceptors (Lipinski definition) is 4. The van der Waals surface area contributed by atoms with E-state index in [1.54, 1.807) is 11.4 Å². The average Bonchev–Trinajstić information content (AvgIpc) is 2.73. The number of alkyl halides is 3. The van der Waals surface area contributed by atoms with Gasteiger partial charge < -0.3 is 9.47 Å². The quantitative estimate of drug-likeness (QED) is 0.858. The summed E-state index contributed by atoms with van der Waals surface area (Å²) >= 11 is 1.37. The summed E-state index contributed by atoms with van der Waals surface area (Å²) < 4.78 is 45.8. The molecule has 0 aliphatic heterocycles. The lowest BCUT2D eigenvalue weighted by molar-refractivity contribution is -0.274. The van der Waals surface area contributed by atoms with Crippen LogP contribution in [-0.4, -0.2) is 12.8 Å². The Labute approximate surface area is 104 Å². The molecule has 1 aromatic carbocycles. The third-order valence-corrected chi connectivity index (χ3v) is 3.09. The second-order valence-corrected chi connectivity index (χ2v) is 4.24. The Kier molecular flexibility index (Phi) is 3.42. The van der Waals surface area contributed by atoms with Gasteiger partial charge in [-0.3, -0.25) is 0 Å². The van der Waals surface area contributed by atoms with Crippen molar-refractivity contribution in [1.29, 1.82) is 0 Å². The highest BCUT2D eigenvalue weighted by molar-refractivity contribution is 7.17. The van der Waals surface area contributed by atoms with Crippen molar-refractivity contribution in [3.63, 3.8) is 0 Å². The highest BCUT2D eigenvalue weighted by Gasteiger charge is 2.32. The molecule has 0 bridgehead atoms. The highest BCUT2D eigenvalue weighted by atomic mass is 32.1. The summed E-state index contributed by atoms with van der Waals surface area (Å²) in [7, 11) is 0. The van der Waals surface area contributed by atoms with Gasteiger partial charge in [0.15, 0.2) is 0 Å². The SMILES string of the molecule is O=[C]OCc1c(OC(F)(F)F)ccc2sccc12. The number of hydrogen-bond donors (Lipinski definition) is 0. The molecule has 1 aromatic heterocycles. The zero-order valence-corrected chi connectivity index (χ0v) is 9.60. The van der Waals surface area contributed by atoms with Crippen molar-refractivity contribution in [2.45, 2.75) is 13.0 Å². The summed E-state index contributed by atoms with van der Waals surface area (Å²) in [4.78, 5) is 10.0. The lowest BCUT2D eigenvalue weighted by atomic mass is 10.1. The van der Waals surface area contributed by atoms with Crippen LogP contribution in [0.3, 0.4) is 0 Å². The Morgan fingerprint density at radius 1 is 1.28 bits per heavy atom. The molecular weight excluding hydrogens is 269 g/mol. The standard InChI is InChI=1S/C11H6F3O3S/c12-11(13,14)17-9-1-2-10-7(3-4-18-10)8(9)5-16-6-15/h1-4H,5H2. The Hall–Kier alpha value is -1.76. The van der Waals surface area contributed by atoms with Crippen molar-refractivity contribution >= 4 is 27.9 Å². The largest absolute Gasteiger partial charge is 0.573 e. The molecule has 2 rings (SSSR count). The van der Waals surface area contributed by atoms with Gasteiger partial charge in [-0.1, -0.05) is 0 Å². The molecule has 1 heterocycles. The van der Waals surface area contributed by atoms with Crippen LogP contribution in [0.15, 0.2) is 23.6 Å². The van der Waals surface area contributed by atoms with Crippen LogP contribution in [0.5, 0.6) is 5.75 Å². The Morgan fingerprint density at radius 2 is 2.06 bits per heavy atom. The molecule has 1 radical (unpaired) electrons. The Bertz CT molecular complexity index is 562. The maximum absolute atomic E-state index is 12.2. The fourth-order valence-corrected chi connectivity index (χ4v) is 2.37. The van der Waals surface area contributed by atoms with Crippen molar-refractivity contribution in [1.82, 2.24) is 0 Å². The van der Waals surface area contributed by atoms with Crippen LogP contribution in [0.1, 0.15) is 5.56 Å². The van der Waals surface area contributed by atoms with Crippen LogP contribution in [0.4, 0.5) is 13.2 Å². The molecule has 7 heteroatoms. The van der Waals surface area contributed by atoms with Gasteiger partial charge in [0.1, 0.15) is 12.4 Å². The summed E-state index contributed by atoms with van der Waals surface area (Å²) in [6.07, 6.45) is -4.79. The minimum Gasteiger partial charge on any atom is -0.452 e. The molecule has 0 unspecified atom stereocenters. The van der Waals surface area contributed by atoms with Crippen molar-refractivity contribution < 1.29 is 27.4 Å². The van der Waals surface area contributed by atoms with E-state index in [2.05, 4.69) is 9.47 Å². The minimum absolute atomic E-state index is 0.175. The highest BCUT2D eigenvalue weighted by Crippen LogP contribution is 2.34. The van der Waals surface area contributed by atoms with Crippen LogP contribution in [-0.2, 0) is 16.1 Å². The first-order valence-corrected chi connectivity index (χ1v) is 5.63. The molecule has 3 nitrogen and oxygen atoms in total. The maximum Gasteiger partial charge on any atom is 0.573 e. The number of benzene rings is 1. The molecule has 0 N–H and O–H groups in total. The van der Waals surface area contributed by atoms with E-state index in [4.69, 9.17) is 0 Å². The number of thiophene rings is 1. The molecule has 0 aliphatic rings. The maximum atomic E-state index is 12.2. The van der Waals surface area contributed by atoms with Crippen LogP contribution in [0.25, 0.3) is 10.1 Å². The Balaban J connectivity index is 2.46. The molecule has 0 spiro atoms. The van der Waals surface area contributed by atoms with E-state index >= 15 is 0 Å². The zero-order chi connectivity index (χ0) is 13.2. The molecule has 0 aliphatic carbocycles. The summed E-state index contributed by atoms with van der Waals surface area (Å²) in [6, 6.07) is 4.37. The molecule has 0 saturated heterocycles. The molecule has 0 amide bonds. The van der Waals surface area contributed by atoms with E-state index in [-0.39, 0.29) is 17.9 Å². The second-order valence-electron chi connectivity index (χ2n) is 3.29. The molecule has 0 fully saturated rings. The lowest BCUT2D eigenvalue weighted by Crippen LogP contribution is -2.18. The van der Waals surface area contributed by atoms with Gasteiger partial charge in [0.05, 0.1) is 0 Å². The van der Waals surface area contributed by atoms with Crippen LogP contribution in [0, 0.1) is 0 Å². The third kappa shape index (κ3) is 2.73. The minimum atomic E-state index is -4.79. The van der Waals surface area contributed by atoms with Crippen LogP contribution < -0.4 is 4.74 Å². The van der Waals surface area contributed by atoms with E-state index in [0.717, 1.165) is 4.70 Å². The second kappa shape index (κ2) is 4.85. The van der Waals surface area contributed by atoms with Crippen molar-refractivity contribution in [2.75, 3.05) is 0 Å².